The molecule has 1 unspecified atom stereocenters. The molecule has 0 saturated carbocycles. The lowest BCUT2D eigenvalue weighted by atomic mass is 9.96. The van der Waals surface area contributed by atoms with Crippen LogP contribution in [0.15, 0.2) is 0 Å². The summed E-state index contributed by atoms with van der Waals surface area (Å²) in [6, 6.07) is 0. The van der Waals surface area contributed by atoms with Crippen molar-refractivity contribution in [3.63, 3.8) is 0 Å². The van der Waals surface area contributed by atoms with E-state index in [2.05, 4.69) is 0 Å². The first-order chi connectivity index (χ1) is 8.27. The van der Waals surface area contributed by atoms with Crippen LogP contribution in [0.4, 0.5) is 0 Å². The third-order valence-electron chi connectivity index (χ3n) is 3.30. The highest BCUT2D eigenvalue weighted by atomic mass is 32.2. The van der Waals surface area contributed by atoms with Crippen molar-refractivity contribution in [2.75, 3.05) is 0 Å². The minimum Gasteiger partial charge on any atom is -0.748 e. The van der Waals surface area contributed by atoms with Crippen LogP contribution in [0.5, 0.6) is 0 Å². The summed E-state index contributed by atoms with van der Waals surface area (Å²) in [6.07, 6.45) is -0.167. The first-order valence-electron chi connectivity index (χ1n) is 5.63. The summed E-state index contributed by atoms with van der Waals surface area (Å²) in [5.41, 5.74) is 0. The lowest BCUT2D eigenvalue weighted by molar-refractivity contribution is -0.108. The van der Waals surface area contributed by atoms with E-state index in [0.717, 1.165) is 6.92 Å². The molecule has 0 rings (SSSR count). The quantitative estimate of drug-likeness (QED) is 0.516. The molecule has 0 radical (unpaired) electrons. The monoisotopic (exact) mass is 315 g/mol. The Bertz CT molecular complexity index is 518. The summed E-state index contributed by atoms with van der Waals surface area (Å²) in [5.74, 6) is 0. The van der Waals surface area contributed by atoms with Crippen molar-refractivity contribution in [3.8, 4) is 0 Å². The number of aldehydes is 1. The summed E-state index contributed by atoms with van der Waals surface area (Å²) in [6.45, 7) is 3.75. The Balaban J connectivity index is 4.85. The van der Waals surface area contributed by atoms with Crippen LogP contribution in [0.1, 0.15) is 46.5 Å². The van der Waals surface area contributed by atoms with Crippen molar-refractivity contribution in [3.05, 3.63) is 0 Å². The molecular weight excluding hydrogens is 296 g/mol. The molecule has 0 aromatic rings. The minimum absolute atomic E-state index is 0.0181. The van der Waals surface area contributed by atoms with E-state index in [1.54, 1.807) is 0 Å². The number of hydrogen-bond acceptors (Lipinski definition) is 6. The van der Waals surface area contributed by atoms with E-state index in [4.69, 9.17) is 4.55 Å². The number of carbonyl (C=O) groups excluding carboxylic acids is 1. The van der Waals surface area contributed by atoms with Crippen LogP contribution in [0.3, 0.4) is 0 Å². The highest BCUT2D eigenvalue weighted by Crippen LogP contribution is 2.29. The maximum absolute atomic E-state index is 11.1. The zero-order valence-corrected chi connectivity index (χ0v) is 12.8. The van der Waals surface area contributed by atoms with Crippen molar-refractivity contribution in [2.24, 2.45) is 0 Å². The van der Waals surface area contributed by atoms with Crippen LogP contribution in [0.2, 0.25) is 0 Å². The van der Waals surface area contributed by atoms with Crippen molar-refractivity contribution in [1.29, 1.82) is 0 Å². The van der Waals surface area contributed by atoms with Crippen LogP contribution >= 0.6 is 0 Å². The molecule has 9 heteroatoms. The molecule has 0 aliphatic heterocycles. The number of hydrogen-bond donors (Lipinski definition) is 1. The van der Waals surface area contributed by atoms with Gasteiger partial charge < -0.3 is 9.35 Å². The molecule has 0 aliphatic carbocycles. The van der Waals surface area contributed by atoms with Crippen molar-refractivity contribution < 1.29 is 30.7 Å². The maximum Gasteiger partial charge on any atom is 0.270 e. The van der Waals surface area contributed by atoms with Gasteiger partial charge >= 0.3 is 0 Å². The molecule has 19 heavy (non-hydrogen) atoms. The second-order valence-corrected chi connectivity index (χ2v) is 9.31. The zero-order valence-electron chi connectivity index (χ0n) is 11.1. The molecule has 1 N–H and O–H groups in total. The summed E-state index contributed by atoms with van der Waals surface area (Å²) >= 11 is 0. The molecule has 0 spiro atoms. The van der Waals surface area contributed by atoms with Crippen LogP contribution in [-0.2, 0) is 25.0 Å². The molecule has 0 aliphatic rings. The van der Waals surface area contributed by atoms with Gasteiger partial charge in [-0.05, 0) is 33.6 Å². The topological polar surface area (TPSA) is 129 Å². The van der Waals surface area contributed by atoms with Gasteiger partial charge in [-0.2, -0.15) is 8.42 Å². The largest absolute Gasteiger partial charge is 0.748 e. The van der Waals surface area contributed by atoms with E-state index in [1.165, 1.54) is 13.8 Å². The molecule has 1 atom stereocenters. The standard InChI is InChI=1S/C10H20O7S2/c1-9(2,18(12,13)14)5-4-6-10(3,7-8-11)19(15,16)17/h8H,4-7H2,1-3H3,(H,12,13,14)(H,15,16,17)/p-1. The molecule has 0 amide bonds. The van der Waals surface area contributed by atoms with Crippen molar-refractivity contribution in [1.82, 2.24) is 0 Å². The highest BCUT2D eigenvalue weighted by molar-refractivity contribution is 7.87. The Labute approximate surface area is 113 Å². The van der Waals surface area contributed by atoms with E-state index >= 15 is 0 Å². The maximum atomic E-state index is 11.1. The van der Waals surface area contributed by atoms with E-state index in [0.29, 0.717) is 6.29 Å². The van der Waals surface area contributed by atoms with Crippen molar-refractivity contribution >= 4 is 26.5 Å². The third-order valence-corrected chi connectivity index (χ3v) is 6.48. The van der Waals surface area contributed by atoms with Crippen LogP contribution in [-0.4, -0.2) is 41.7 Å². The summed E-state index contributed by atoms with van der Waals surface area (Å²) in [7, 11) is -8.94. The van der Waals surface area contributed by atoms with E-state index in [9.17, 15) is 26.2 Å². The van der Waals surface area contributed by atoms with E-state index in [1.807, 2.05) is 0 Å². The van der Waals surface area contributed by atoms with Gasteiger partial charge in [0.05, 0.1) is 9.49 Å². The molecule has 0 aromatic carbocycles. The summed E-state index contributed by atoms with van der Waals surface area (Å²) < 4.78 is 61.2. The molecule has 0 heterocycles. The Morgan fingerprint density at radius 1 is 1.11 bits per heavy atom. The Hall–Kier alpha value is -0.510. The average Bonchev–Trinajstić information content (AvgIpc) is 2.13. The van der Waals surface area contributed by atoms with Gasteiger partial charge in [0, 0.05) is 6.42 Å². The first-order valence-corrected chi connectivity index (χ1v) is 8.48. The second-order valence-electron chi connectivity index (χ2n) is 5.36. The Kier molecular flexibility index (Phi) is 5.70. The van der Waals surface area contributed by atoms with Gasteiger partial charge in [0.25, 0.3) is 10.1 Å². The number of rotatable bonds is 8. The average molecular weight is 315 g/mol. The zero-order chi connectivity index (χ0) is 15.5. The molecular formula is C10H19O7S2-. The Morgan fingerprint density at radius 2 is 1.58 bits per heavy atom. The SMILES string of the molecule is CC(CC=O)(CCCC(C)(C)S(=O)(=O)O)S(=O)(=O)[O-]. The first kappa shape index (κ1) is 18.5. The second kappa shape index (κ2) is 5.86. The lowest BCUT2D eigenvalue weighted by Gasteiger charge is -2.31. The predicted molar refractivity (Wildman–Crippen MR) is 68.3 cm³/mol. The van der Waals surface area contributed by atoms with Gasteiger partial charge in [0.1, 0.15) is 16.4 Å². The van der Waals surface area contributed by atoms with Crippen molar-refractivity contribution in [2.45, 2.75) is 55.9 Å². The van der Waals surface area contributed by atoms with Gasteiger partial charge in [0.15, 0.2) is 0 Å². The molecule has 7 nitrogen and oxygen atoms in total. The van der Waals surface area contributed by atoms with Gasteiger partial charge in [0.2, 0.25) is 0 Å². The third kappa shape index (κ3) is 4.83. The molecule has 0 saturated heterocycles. The predicted octanol–water partition coefficient (Wildman–Crippen LogP) is 0.716. The van der Waals surface area contributed by atoms with Crippen LogP contribution < -0.4 is 0 Å². The Morgan fingerprint density at radius 3 is 1.89 bits per heavy atom. The lowest BCUT2D eigenvalue weighted by Crippen LogP contribution is -2.37. The van der Waals surface area contributed by atoms with Gasteiger partial charge in [-0.25, -0.2) is 8.42 Å². The number of carbonyl (C=O) groups is 1. The molecule has 0 fully saturated rings. The van der Waals surface area contributed by atoms with Gasteiger partial charge in [-0.1, -0.05) is 6.42 Å². The molecule has 114 valence electrons. The fourth-order valence-electron chi connectivity index (χ4n) is 1.52. The fourth-order valence-corrected chi connectivity index (χ4v) is 2.59. The van der Waals surface area contributed by atoms with E-state index < -0.39 is 36.2 Å². The fraction of sp³-hybridized carbons (Fsp3) is 0.900. The van der Waals surface area contributed by atoms with Crippen LogP contribution in [0.25, 0.3) is 0 Å². The normalized spacial score (nSPS) is 16.9. The molecule has 0 bridgehead atoms. The van der Waals surface area contributed by atoms with Gasteiger partial charge in [-0.3, -0.25) is 4.55 Å². The highest BCUT2D eigenvalue weighted by Gasteiger charge is 2.35. The molecule has 0 aromatic heterocycles. The summed E-state index contributed by atoms with van der Waals surface area (Å²) in [4.78, 5) is 10.4. The van der Waals surface area contributed by atoms with Crippen LogP contribution in [0, 0.1) is 0 Å². The van der Waals surface area contributed by atoms with E-state index in [-0.39, 0.29) is 19.3 Å². The smallest absolute Gasteiger partial charge is 0.270 e. The summed E-state index contributed by atoms with van der Waals surface area (Å²) in [5, 5.41) is 0. The minimum atomic E-state index is -4.67. The van der Waals surface area contributed by atoms with Gasteiger partial charge in [-0.15, -0.1) is 0 Å².